The Morgan fingerprint density at radius 1 is 1.06 bits per heavy atom. The van der Waals surface area contributed by atoms with Crippen molar-refractivity contribution in [1.82, 2.24) is 0 Å². The van der Waals surface area contributed by atoms with Crippen LogP contribution >= 0.6 is 0 Å². The standard InChI is InChI=1S/C24H31F3O4/c1-13(28)23(31-14(2)29)10-7-18-16-12-20(24(25,26)27)19-11-15(30)5-8-21(19,3)17(16)6-9-22(18,23)4/h11,16-18,20H,5-10,12H2,1-4H3/t16-,17+,18+,20-,21-,22+,23+/m1/s1. The Morgan fingerprint density at radius 2 is 1.71 bits per heavy atom. The number of carbonyl (C=O) groups excluding carboxylic acids is 3. The van der Waals surface area contributed by atoms with Crippen LogP contribution in [0.3, 0.4) is 0 Å². The molecule has 7 heteroatoms. The molecule has 4 rings (SSSR count). The van der Waals surface area contributed by atoms with E-state index in [9.17, 15) is 27.6 Å². The molecular formula is C24H31F3O4. The van der Waals surface area contributed by atoms with Crippen LogP contribution in [0.25, 0.3) is 0 Å². The summed E-state index contributed by atoms with van der Waals surface area (Å²) in [6, 6.07) is 0. The fourth-order valence-corrected chi connectivity index (χ4v) is 8.01. The van der Waals surface area contributed by atoms with Gasteiger partial charge in [0.1, 0.15) is 0 Å². The Balaban J connectivity index is 1.79. The van der Waals surface area contributed by atoms with E-state index < -0.39 is 34.5 Å². The van der Waals surface area contributed by atoms with Crippen LogP contribution < -0.4 is 0 Å². The number of hydrogen-bond donors (Lipinski definition) is 0. The second-order valence-electron chi connectivity index (χ2n) is 10.7. The van der Waals surface area contributed by atoms with Crippen molar-refractivity contribution in [3.63, 3.8) is 0 Å². The lowest BCUT2D eigenvalue weighted by atomic mass is 9.44. The molecule has 31 heavy (non-hydrogen) atoms. The van der Waals surface area contributed by atoms with E-state index in [0.717, 1.165) is 0 Å². The summed E-state index contributed by atoms with van der Waals surface area (Å²) in [6.45, 7) is 6.55. The number of ketones is 2. The summed E-state index contributed by atoms with van der Waals surface area (Å²) in [6.07, 6.45) is -0.257. The molecule has 3 saturated carbocycles. The van der Waals surface area contributed by atoms with Gasteiger partial charge in [0.05, 0.1) is 5.92 Å². The fourth-order valence-electron chi connectivity index (χ4n) is 8.01. The van der Waals surface area contributed by atoms with Crippen LogP contribution in [-0.4, -0.2) is 29.3 Å². The third-order valence-electron chi connectivity index (χ3n) is 9.41. The summed E-state index contributed by atoms with van der Waals surface area (Å²) in [7, 11) is 0. The largest absolute Gasteiger partial charge is 0.451 e. The van der Waals surface area contributed by atoms with E-state index in [1.807, 2.05) is 13.8 Å². The SMILES string of the molecule is CC(=O)O[C@]1(C(C)=O)CC[C@H]2[C@@H]3C[C@@H](C(F)(F)F)C4=CC(=O)CC[C@]4(C)[C@H]3CC[C@@]21C. The van der Waals surface area contributed by atoms with Gasteiger partial charge < -0.3 is 4.74 Å². The Bertz CT molecular complexity index is 861. The molecule has 0 heterocycles. The smallest absolute Gasteiger partial charge is 0.395 e. The molecule has 7 atom stereocenters. The third kappa shape index (κ3) is 3.05. The van der Waals surface area contributed by atoms with Crippen molar-refractivity contribution in [2.45, 2.75) is 84.4 Å². The van der Waals surface area contributed by atoms with E-state index in [0.29, 0.717) is 32.1 Å². The average molecular weight is 441 g/mol. The molecular weight excluding hydrogens is 409 g/mol. The lowest BCUT2D eigenvalue weighted by Crippen LogP contribution is -2.60. The van der Waals surface area contributed by atoms with Gasteiger partial charge >= 0.3 is 12.1 Å². The van der Waals surface area contributed by atoms with Crippen LogP contribution in [0, 0.1) is 34.5 Å². The Labute approximate surface area is 181 Å². The normalized spacial score (nSPS) is 44.6. The summed E-state index contributed by atoms with van der Waals surface area (Å²) in [5.41, 5.74) is -2.34. The monoisotopic (exact) mass is 440 g/mol. The van der Waals surface area contributed by atoms with Gasteiger partial charge in [-0.15, -0.1) is 0 Å². The summed E-state index contributed by atoms with van der Waals surface area (Å²) < 4.78 is 48.2. The quantitative estimate of drug-likeness (QED) is 0.554. The molecule has 4 nitrogen and oxygen atoms in total. The predicted molar refractivity (Wildman–Crippen MR) is 107 cm³/mol. The predicted octanol–water partition coefficient (Wildman–Crippen LogP) is 5.20. The van der Waals surface area contributed by atoms with Crippen LogP contribution in [0.4, 0.5) is 13.2 Å². The average Bonchev–Trinajstić information content (AvgIpc) is 2.94. The first-order valence-corrected chi connectivity index (χ1v) is 11.3. The maximum atomic E-state index is 14.2. The van der Waals surface area contributed by atoms with Crippen molar-refractivity contribution in [2.75, 3.05) is 0 Å². The molecule has 0 N–H and O–H groups in total. The molecule has 0 radical (unpaired) electrons. The fraction of sp³-hybridized carbons (Fsp3) is 0.792. The van der Waals surface area contributed by atoms with E-state index in [1.54, 1.807) is 0 Å². The number of carbonyl (C=O) groups is 3. The van der Waals surface area contributed by atoms with Gasteiger partial charge in [-0.2, -0.15) is 13.2 Å². The summed E-state index contributed by atoms with van der Waals surface area (Å²) in [4.78, 5) is 36.7. The van der Waals surface area contributed by atoms with Gasteiger partial charge in [-0.3, -0.25) is 14.4 Å². The van der Waals surface area contributed by atoms with E-state index in [-0.39, 0.29) is 47.7 Å². The van der Waals surface area contributed by atoms with Gasteiger partial charge in [0.25, 0.3) is 0 Å². The summed E-state index contributed by atoms with van der Waals surface area (Å²) >= 11 is 0. The van der Waals surface area contributed by atoms with Crippen LogP contribution in [0.5, 0.6) is 0 Å². The number of ether oxygens (including phenoxy) is 1. The number of halogens is 3. The topological polar surface area (TPSA) is 60.4 Å². The van der Waals surface area contributed by atoms with E-state index >= 15 is 0 Å². The lowest BCUT2D eigenvalue weighted by molar-refractivity contribution is -0.204. The maximum Gasteiger partial charge on any atom is 0.395 e. The third-order valence-corrected chi connectivity index (χ3v) is 9.41. The number of fused-ring (bicyclic) bond motifs is 5. The highest BCUT2D eigenvalue weighted by molar-refractivity contribution is 5.92. The van der Waals surface area contributed by atoms with Gasteiger partial charge in [-0.1, -0.05) is 13.8 Å². The molecule has 4 aliphatic carbocycles. The molecule has 172 valence electrons. The minimum atomic E-state index is -4.42. The maximum absolute atomic E-state index is 14.2. The number of alkyl halides is 3. The molecule has 0 spiro atoms. The number of rotatable bonds is 2. The van der Waals surface area contributed by atoms with Crippen molar-refractivity contribution in [2.24, 2.45) is 34.5 Å². The molecule has 0 aromatic carbocycles. The van der Waals surface area contributed by atoms with Gasteiger partial charge in [-0.25, -0.2) is 0 Å². The van der Waals surface area contributed by atoms with Crippen LogP contribution in [0.2, 0.25) is 0 Å². The molecule has 0 amide bonds. The zero-order valence-electron chi connectivity index (χ0n) is 18.6. The number of Topliss-reactive ketones (excluding diaryl/α,β-unsaturated/α-hetero) is 1. The first kappa shape index (κ1) is 22.5. The van der Waals surface area contributed by atoms with Gasteiger partial charge in [0.2, 0.25) is 0 Å². The summed E-state index contributed by atoms with van der Waals surface area (Å²) in [5.74, 6) is -2.92. The second kappa shape index (κ2) is 6.92. The number of allylic oxidation sites excluding steroid dienone is 1. The molecule has 0 bridgehead atoms. The second-order valence-corrected chi connectivity index (χ2v) is 10.7. The minimum Gasteiger partial charge on any atom is -0.451 e. The van der Waals surface area contributed by atoms with Crippen molar-refractivity contribution in [3.05, 3.63) is 11.6 Å². The molecule has 4 aliphatic rings. The van der Waals surface area contributed by atoms with Crippen LogP contribution in [0.15, 0.2) is 11.6 Å². The molecule has 0 aliphatic heterocycles. The lowest BCUT2D eigenvalue weighted by Gasteiger charge is -2.60. The highest BCUT2D eigenvalue weighted by atomic mass is 19.4. The molecule has 3 fully saturated rings. The number of hydrogen-bond acceptors (Lipinski definition) is 4. The van der Waals surface area contributed by atoms with Gasteiger partial charge in [0, 0.05) is 18.8 Å². The van der Waals surface area contributed by atoms with Crippen molar-refractivity contribution < 1.29 is 32.3 Å². The van der Waals surface area contributed by atoms with Crippen LogP contribution in [0.1, 0.15) is 72.6 Å². The van der Waals surface area contributed by atoms with Gasteiger partial charge in [0.15, 0.2) is 17.2 Å². The zero-order valence-corrected chi connectivity index (χ0v) is 18.6. The molecule has 0 aromatic rings. The van der Waals surface area contributed by atoms with Crippen LogP contribution in [-0.2, 0) is 19.1 Å². The zero-order chi connectivity index (χ0) is 23.0. The highest BCUT2D eigenvalue weighted by Crippen LogP contribution is 2.70. The Morgan fingerprint density at radius 3 is 2.29 bits per heavy atom. The molecule has 0 unspecified atom stereocenters. The first-order chi connectivity index (χ1) is 14.3. The Kier molecular flexibility index (Phi) is 5.03. The molecule has 0 aromatic heterocycles. The van der Waals surface area contributed by atoms with E-state index in [1.165, 1.54) is 19.9 Å². The van der Waals surface area contributed by atoms with Gasteiger partial charge in [-0.05, 0) is 80.3 Å². The minimum absolute atomic E-state index is 0.0311. The van der Waals surface area contributed by atoms with Crippen molar-refractivity contribution in [1.29, 1.82) is 0 Å². The van der Waals surface area contributed by atoms with E-state index in [2.05, 4.69) is 0 Å². The highest BCUT2D eigenvalue weighted by Gasteiger charge is 2.69. The molecule has 0 saturated heterocycles. The number of esters is 1. The van der Waals surface area contributed by atoms with Crippen molar-refractivity contribution >= 4 is 17.5 Å². The first-order valence-electron chi connectivity index (χ1n) is 11.3. The van der Waals surface area contributed by atoms with E-state index in [4.69, 9.17) is 4.74 Å². The van der Waals surface area contributed by atoms with Crippen molar-refractivity contribution in [3.8, 4) is 0 Å². The Hall–Kier alpha value is -1.66. The summed E-state index contributed by atoms with van der Waals surface area (Å²) in [5, 5.41) is 0.